The molecule has 144 valence electrons. The molecule has 0 amide bonds. The maximum absolute atomic E-state index is 13.0. The van der Waals surface area contributed by atoms with Gasteiger partial charge in [0.15, 0.2) is 0 Å². The number of nitrogens with one attached hydrogen (secondary N) is 1. The summed E-state index contributed by atoms with van der Waals surface area (Å²) in [6.45, 7) is 1.82. The van der Waals surface area contributed by atoms with Crippen molar-refractivity contribution < 1.29 is 18.6 Å². The normalized spacial score (nSPS) is 16.0. The fraction of sp³-hybridized carbons (Fsp3) is 0.250. The van der Waals surface area contributed by atoms with E-state index < -0.39 is 0 Å². The molecule has 1 fully saturated rings. The number of benzene rings is 1. The van der Waals surface area contributed by atoms with Crippen molar-refractivity contribution in [3.8, 4) is 17.5 Å². The maximum atomic E-state index is 13.0. The highest BCUT2D eigenvalue weighted by molar-refractivity contribution is 5.33. The second-order valence-corrected chi connectivity index (χ2v) is 6.23. The zero-order chi connectivity index (χ0) is 19.2. The van der Waals surface area contributed by atoms with E-state index in [2.05, 4.69) is 20.3 Å². The summed E-state index contributed by atoms with van der Waals surface area (Å²) in [7, 11) is 0. The molecule has 3 aromatic rings. The quantitative estimate of drug-likeness (QED) is 0.669. The van der Waals surface area contributed by atoms with Gasteiger partial charge in [-0.3, -0.25) is 0 Å². The summed E-state index contributed by atoms with van der Waals surface area (Å²) < 4.78 is 29.7. The molecular weight excluding hydrogens is 363 g/mol. The average molecular weight is 382 g/mol. The van der Waals surface area contributed by atoms with Crippen LogP contribution < -0.4 is 14.8 Å². The Morgan fingerprint density at radius 2 is 1.93 bits per heavy atom. The SMILES string of the molecule is Fc1ccc(Oc2ccnc(NCc3ccnc(OC4CCOC4)c3)n2)cc1. The molecule has 8 heteroatoms. The standard InChI is InChI=1S/C20H19FN4O3/c21-15-1-3-16(4-2-15)27-18-6-9-23-20(25-18)24-12-14-5-8-22-19(11-14)28-17-7-10-26-13-17/h1-6,8-9,11,17H,7,10,12-13H2,(H,23,24,25). The smallest absolute Gasteiger partial charge is 0.226 e. The van der Waals surface area contributed by atoms with Gasteiger partial charge >= 0.3 is 0 Å². The molecule has 3 heterocycles. The van der Waals surface area contributed by atoms with Crippen molar-refractivity contribution in [2.45, 2.75) is 19.1 Å². The number of aromatic nitrogens is 3. The van der Waals surface area contributed by atoms with Crippen LogP contribution in [0.2, 0.25) is 0 Å². The van der Waals surface area contributed by atoms with Crippen LogP contribution in [0.4, 0.5) is 10.3 Å². The molecule has 1 N–H and O–H groups in total. The molecule has 1 atom stereocenters. The van der Waals surface area contributed by atoms with Gasteiger partial charge in [-0.25, -0.2) is 14.4 Å². The molecule has 4 rings (SSSR count). The van der Waals surface area contributed by atoms with E-state index in [0.29, 0.717) is 36.6 Å². The first-order valence-corrected chi connectivity index (χ1v) is 8.94. The number of halogens is 1. The Bertz CT molecular complexity index is 917. The second kappa shape index (κ2) is 8.62. The van der Waals surface area contributed by atoms with Crippen molar-refractivity contribution in [1.82, 2.24) is 15.0 Å². The first-order chi connectivity index (χ1) is 13.7. The maximum Gasteiger partial charge on any atom is 0.226 e. The summed E-state index contributed by atoms with van der Waals surface area (Å²) in [6, 6.07) is 11.1. The van der Waals surface area contributed by atoms with E-state index in [4.69, 9.17) is 14.2 Å². The number of hydrogen-bond acceptors (Lipinski definition) is 7. The first-order valence-electron chi connectivity index (χ1n) is 8.94. The van der Waals surface area contributed by atoms with Crippen LogP contribution in [0.3, 0.4) is 0 Å². The first kappa shape index (κ1) is 18.1. The van der Waals surface area contributed by atoms with E-state index in [0.717, 1.165) is 18.6 Å². The summed E-state index contributed by atoms with van der Waals surface area (Å²) in [5.74, 6) is 1.53. The summed E-state index contributed by atoms with van der Waals surface area (Å²) >= 11 is 0. The molecular formula is C20H19FN4O3. The Labute approximate surface area is 161 Å². The van der Waals surface area contributed by atoms with Gasteiger partial charge in [-0.2, -0.15) is 4.98 Å². The molecule has 1 aliphatic heterocycles. The zero-order valence-electron chi connectivity index (χ0n) is 15.0. The van der Waals surface area contributed by atoms with Crippen molar-refractivity contribution in [3.05, 3.63) is 66.2 Å². The van der Waals surface area contributed by atoms with E-state index in [1.807, 2.05) is 12.1 Å². The summed E-state index contributed by atoms with van der Waals surface area (Å²) in [5, 5.41) is 3.15. The van der Waals surface area contributed by atoms with Crippen molar-refractivity contribution >= 4 is 5.95 Å². The molecule has 1 unspecified atom stereocenters. The molecule has 0 bridgehead atoms. The summed E-state index contributed by atoms with van der Waals surface area (Å²) in [6.07, 6.45) is 4.23. The fourth-order valence-corrected chi connectivity index (χ4v) is 2.69. The van der Waals surface area contributed by atoms with E-state index in [1.54, 1.807) is 30.6 Å². The molecule has 28 heavy (non-hydrogen) atoms. The molecule has 7 nitrogen and oxygen atoms in total. The Morgan fingerprint density at radius 1 is 1.07 bits per heavy atom. The van der Waals surface area contributed by atoms with Crippen LogP contribution in [0.25, 0.3) is 0 Å². The highest BCUT2D eigenvalue weighted by Gasteiger charge is 2.17. The Hall–Kier alpha value is -3.26. The molecule has 1 saturated heterocycles. The number of nitrogens with zero attached hydrogens (tertiary/aromatic N) is 3. The lowest BCUT2D eigenvalue weighted by Gasteiger charge is -2.12. The highest BCUT2D eigenvalue weighted by atomic mass is 19.1. The predicted octanol–water partition coefficient (Wildman–Crippen LogP) is 3.58. The van der Waals surface area contributed by atoms with E-state index >= 15 is 0 Å². The Balaban J connectivity index is 1.36. The number of rotatable bonds is 7. The summed E-state index contributed by atoms with van der Waals surface area (Å²) in [4.78, 5) is 12.7. The van der Waals surface area contributed by atoms with Crippen LogP contribution in [-0.4, -0.2) is 34.3 Å². The Kier molecular flexibility index (Phi) is 5.58. The number of hydrogen-bond donors (Lipinski definition) is 1. The lowest BCUT2D eigenvalue weighted by Crippen LogP contribution is -2.16. The monoisotopic (exact) mass is 382 g/mol. The fourth-order valence-electron chi connectivity index (χ4n) is 2.69. The largest absolute Gasteiger partial charge is 0.472 e. The van der Waals surface area contributed by atoms with Gasteiger partial charge in [0, 0.05) is 37.5 Å². The second-order valence-electron chi connectivity index (χ2n) is 6.23. The molecule has 2 aromatic heterocycles. The van der Waals surface area contributed by atoms with Crippen LogP contribution in [0.15, 0.2) is 54.9 Å². The summed E-state index contributed by atoms with van der Waals surface area (Å²) in [5.41, 5.74) is 0.984. The zero-order valence-corrected chi connectivity index (χ0v) is 15.0. The van der Waals surface area contributed by atoms with Crippen LogP contribution >= 0.6 is 0 Å². The van der Waals surface area contributed by atoms with Gasteiger partial charge in [0.05, 0.1) is 13.2 Å². The van der Waals surface area contributed by atoms with Crippen molar-refractivity contribution in [2.24, 2.45) is 0 Å². The Morgan fingerprint density at radius 3 is 2.75 bits per heavy atom. The van der Waals surface area contributed by atoms with Crippen molar-refractivity contribution in [1.29, 1.82) is 0 Å². The van der Waals surface area contributed by atoms with Gasteiger partial charge in [-0.05, 0) is 35.9 Å². The number of pyridine rings is 1. The van der Waals surface area contributed by atoms with E-state index in [-0.39, 0.29) is 11.9 Å². The third-order valence-electron chi connectivity index (χ3n) is 4.09. The average Bonchev–Trinajstić information content (AvgIpc) is 3.22. The molecule has 0 aliphatic carbocycles. The minimum absolute atomic E-state index is 0.0549. The van der Waals surface area contributed by atoms with E-state index in [1.165, 1.54) is 12.1 Å². The topological polar surface area (TPSA) is 78.4 Å². The lowest BCUT2D eigenvalue weighted by atomic mass is 10.2. The van der Waals surface area contributed by atoms with Gasteiger partial charge in [0.2, 0.25) is 17.7 Å². The van der Waals surface area contributed by atoms with E-state index in [9.17, 15) is 4.39 Å². The number of anilines is 1. The van der Waals surface area contributed by atoms with Gasteiger partial charge < -0.3 is 19.5 Å². The predicted molar refractivity (Wildman–Crippen MR) is 99.9 cm³/mol. The van der Waals surface area contributed by atoms with Gasteiger partial charge in [0.1, 0.15) is 17.7 Å². The van der Waals surface area contributed by atoms with Crippen molar-refractivity contribution in [3.63, 3.8) is 0 Å². The molecule has 0 radical (unpaired) electrons. The lowest BCUT2D eigenvalue weighted by molar-refractivity contribution is 0.138. The molecule has 0 saturated carbocycles. The van der Waals surface area contributed by atoms with Gasteiger partial charge in [-0.15, -0.1) is 0 Å². The molecule has 1 aliphatic rings. The highest BCUT2D eigenvalue weighted by Crippen LogP contribution is 2.20. The van der Waals surface area contributed by atoms with Gasteiger partial charge in [-0.1, -0.05) is 0 Å². The van der Waals surface area contributed by atoms with Crippen LogP contribution in [0.5, 0.6) is 17.5 Å². The van der Waals surface area contributed by atoms with Crippen LogP contribution in [0, 0.1) is 5.82 Å². The third-order valence-corrected chi connectivity index (χ3v) is 4.09. The van der Waals surface area contributed by atoms with Crippen LogP contribution in [-0.2, 0) is 11.3 Å². The number of ether oxygens (including phenoxy) is 3. The van der Waals surface area contributed by atoms with Crippen LogP contribution in [0.1, 0.15) is 12.0 Å². The third kappa shape index (κ3) is 4.92. The molecule has 0 spiro atoms. The minimum atomic E-state index is -0.321. The minimum Gasteiger partial charge on any atom is -0.472 e. The molecule has 1 aromatic carbocycles. The van der Waals surface area contributed by atoms with Gasteiger partial charge in [0.25, 0.3) is 0 Å². The van der Waals surface area contributed by atoms with Crippen molar-refractivity contribution in [2.75, 3.05) is 18.5 Å².